The van der Waals surface area contributed by atoms with Crippen LogP contribution >= 0.6 is 15.9 Å². The van der Waals surface area contributed by atoms with Crippen LogP contribution in [0.4, 0.5) is 0 Å². The Morgan fingerprint density at radius 3 is 2.46 bits per heavy atom. The SMILES string of the molecule is Cc1cc(C)c(OCC(O)CN2CCOC(c3ccc(Br)cc3)C2C)c(C)c1. The van der Waals surface area contributed by atoms with Gasteiger partial charge in [-0.2, -0.15) is 0 Å². The van der Waals surface area contributed by atoms with E-state index in [-0.39, 0.29) is 18.8 Å². The Balaban J connectivity index is 1.59. The molecule has 2 aromatic rings. The van der Waals surface area contributed by atoms with Gasteiger partial charge in [-0.05, 0) is 56.5 Å². The molecule has 0 aliphatic carbocycles. The van der Waals surface area contributed by atoms with E-state index in [1.807, 2.05) is 12.1 Å². The van der Waals surface area contributed by atoms with Gasteiger partial charge in [0.2, 0.25) is 0 Å². The lowest BCUT2D eigenvalue weighted by molar-refractivity contribution is -0.0805. The first-order valence-electron chi connectivity index (χ1n) is 9.85. The molecule has 152 valence electrons. The van der Waals surface area contributed by atoms with Crippen molar-refractivity contribution in [2.45, 2.75) is 45.9 Å². The molecule has 1 N–H and O–H groups in total. The number of ether oxygens (including phenoxy) is 2. The van der Waals surface area contributed by atoms with E-state index in [1.165, 1.54) is 5.56 Å². The Labute approximate surface area is 176 Å². The standard InChI is InChI=1S/C23H30BrNO3/c1-15-11-16(2)22(17(3)12-15)28-14-21(26)13-25-9-10-27-23(18(25)4)19-5-7-20(24)8-6-19/h5-8,11-12,18,21,23,26H,9-10,13-14H2,1-4H3. The zero-order chi connectivity index (χ0) is 20.3. The normalized spacial score (nSPS) is 21.5. The molecule has 0 spiro atoms. The number of morpholine rings is 1. The lowest BCUT2D eigenvalue weighted by Crippen LogP contribution is -2.49. The van der Waals surface area contributed by atoms with Crippen molar-refractivity contribution in [1.82, 2.24) is 4.90 Å². The number of halogens is 1. The maximum atomic E-state index is 10.6. The Morgan fingerprint density at radius 1 is 1.18 bits per heavy atom. The number of aryl methyl sites for hydroxylation is 3. The molecule has 1 aliphatic heterocycles. The van der Waals surface area contributed by atoms with Crippen LogP contribution in [0, 0.1) is 20.8 Å². The lowest BCUT2D eigenvalue weighted by Gasteiger charge is -2.40. The highest BCUT2D eigenvalue weighted by atomic mass is 79.9. The monoisotopic (exact) mass is 447 g/mol. The van der Waals surface area contributed by atoms with Crippen LogP contribution in [-0.4, -0.2) is 48.5 Å². The topological polar surface area (TPSA) is 41.9 Å². The number of aliphatic hydroxyl groups is 1. The van der Waals surface area contributed by atoms with Gasteiger partial charge < -0.3 is 14.6 Å². The number of rotatable bonds is 6. The summed E-state index contributed by atoms with van der Waals surface area (Å²) >= 11 is 3.48. The number of aliphatic hydroxyl groups excluding tert-OH is 1. The maximum Gasteiger partial charge on any atom is 0.125 e. The quantitative estimate of drug-likeness (QED) is 0.703. The maximum absolute atomic E-state index is 10.6. The van der Waals surface area contributed by atoms with E-state index in [2.05, 4.69) is 72.8 Å². The van der Waals surface area contributed by atoms with Gasteiger partial charge in [0.15, 0.2) is 0 Å². The molecular weight excluding hydrogens is 418 g/mol. The molecule has 1 aliphatic rings. The van der Waals surface area contributed by atoms with Crippen molar-refractivity contribution < 1.29 is 14.6 Å². The van der Waals surface area contributed by atoms with Gasteiger partial charge in [-0.25, -0.2) is 0 Å². The molecule has 1 saturated heterocycles. The number of nitrogens with zero attached hydrogens (tertiary/aromatic N) is 1. The molecule has 3 atom stereocenters. The highest BCUT2D eigenvalue weighted by Gasteiger charge is 2.31. The van der Waals surface area contributed by atoms with Crippen LogP contribution in [0.1, 0.15) is 35.3 Å². The predicted molar refractivity (Wildman–Crippen MR) is 116 cm³/mol. The second kappa shape index (κ2) is 9.40. The number of hydrogen-bond acceptors (Lipinski definition) is 4. The van der Waals surface area contributed by atoms with Crippen LogP contribution in [0.15, 0.2) is 40.9 Å². The number of benzene rings is 2. The number of β-amino-alcohol motifs (C(OH)–C–C–N with tert-alkyl or cyclic N) is 1. The van der Waals surface area contributed by atoms with Crippen molar-refractivity contribution >= 4 is 15.9 Å². The summed E-state index contributed by atoms with van der Waals surface area (Å²) in [5.74, 6) is 0.882. The van der Waals surface area contributed by atoms with Crippen LogP contribution in [0.25, 0.3) is 0 Å². The van der Waals surface area contributed by atoms with Crippen molar-refractivity contribution in [3.63, 3.8) is 0 Å². The van der Waals surface area contributed by atoms with Crippen molar-refractivity contribution in [2.24, 2.45) is 0 Å². The number of hydrogen-bond donors (Lipinski definition) is 1. The molecule has 1 fully saturated rings. The van der Waals surface area contributed by atoms with Gasteiger partial charge in [-0.1, -0.05) is 45.8 Å². The Bertz CT molecular complexity index is 770. The first-order chi connectivity index (χ1) is 13.3. The molecule has 0 amide bonds. The summed E-state index contributed by atoms with van der Waals surface area (Å²) in [7, 11) is 0. The van der Waals surface area contributed by atoms with Gasteiger partial charge in [0, 0.05) is 23.6 Å². The van der Waals surface area contributed by atoms with E-state index in [4.69, 9.17) is 9.47 Å². The third-order valence-electron chi connectivity index (χ3n) is 5.36. The second-order valence-corrected chi connectivity index (χ2v) is 8.69. The fourth-order valence-corrected chi connectivity index (χ4v) is 4.28. The molecular formula is C23H30BrNO3. The van der Waals surface area contributed by atoms with Crippen molar-refractivity contribution in [1.29, 1.82) is 0 Å². The molecule has 0 radical (unpaired) electrons. The summed E-state index contributed by atoms with van der Waals surface area (Å²) in [6.07, 6.45) is -0.539. The molecule has 28 heavy (non-hydrogen) atoms. The first kappa shape index (κ1) is 21.3. The third kappa shape index (κ3) is 5.15. The van der Waals surface area contributed by atoms with E-state index in [0.717, 1.165) is 33.5 Å². The summed E-state index contributed by atoms with van der Waals surface area (Å²) in [5, 5.41) is 10.6. The zero-order valence-electron chi connectivity index (χ0n) is 17.1. The summed E-state index contributed by atoms with van der Waals surface area (Å²) in [6.45, 7) is 10.7. The van der Waals surface area contributed by atoms with E-state index in [9.17, 15) is 5.11 Å². The minimum absolute atomic E-state index is 0.0107. The molecule has 3 rings (SSSR count). The molecule has 5 heteroatoms. The van der Waals surface area contributed by atoms with Crippen molar-refractivity contribution in [3.8, 4) is 5.75 Å². The molecule has 3 unspecified atom stereocenters. The summed E-state index contributed by atoms with van der Waals surface area (Å²) in [6, 6.07) is 12.7. The van der Waals surface area contributed by atoms with Crippen LogP contribution in [-0.2, 0) is 4.74 Å². The Kier molecular flexibility index (Phi) is 7.15. The van der Waals surface area contributed by atoms with Crippen LogP contribution in [0.2, 0.25) is 0 Å². The molecule has 4 nitrogen and oxygen atoms in total. The fourth-order valence-electron chi connectivity index (χ4n) is 4.01. The minimum Gasteiger partial charge on any atom is -0.490 e. The molecule has 2 aromatic carbocycles. The van der Waals surface area contributed by atoms with Crippen LogP contribution < -0.4 is 4.74 Å². The van der Waals surface area contributed by atoms with Gasteiger partial charge in [0.05, 0.1) is 12.7 Å². The average Bonchev–Trinajstić information content (AvgIpc) is 2.63. The molecule has 0 aromatic heterocycles. The van der Waals surface area contributed by atoms with E-state index >= 15 is 0 Å². The van der Waals surface area contributed by atoms with E-state index in [0.29, 0.717) is 13.2 Å². The smallest absolute Gasteiger partial charge is 0.125 e. The van der Waals surface area contributed by atoms with Gasteiger partial charge in [0.1, 0.15) is 18.5 Å². The Hall–Kier alpha value is -1.40. The average molecular weight is 448 g/mol. The summed E-state index contributed by atoms with van der Waals surface area (Å²) in [5.41, 5.74) is 4.61. The van der Waals surface area contributed by atoms with Gasteiger partial charge in [-0.15, -0.1) is 0 Å². The van der Waals surface area contributed by atoms with Gasteiger partial charge in [0.25, 0.3) is 0 Å². The zero-order valence-corrected chi connectivity index (χ0v) is 18.7. The molecule has 0 bridgehead atoms. The van der Waals surface area contributed by atoms with Gasteiger partial charge in [-0.3, -0.25) is 4.90 Å². The highest BCUT2D eigenvalue weighted by molar-refractivity contribution is 9.10. The van der Waals surface area contributed by atoms with E-state index < -0.39 is 6.10 Å². The molecule has 0 saturated carbocycles. The second-order valence-electron chi connectivity index (χ2n) is 7.77. The lowest BCUT2D eigenvalue weighted by atomic mass is 10.0. The van der Waals surface area contributed by atoms with Crippen molar-refractivity contribution in [3.05, 3.63) is 63.1 Å². The van der Waals surface area contributed by atoms with E-state index in [1.54, 1.807) is 0 Å². The minimum atomic E-state index is -0.550. The highest BCUT2D eigenvalue weighted by Crippen LogP contribution is 2.29. The third-order valence-corrected chi connectivity index (χ3v) is 5.89. The largest absolute Gasteiger partial charge is 0.490 e. The summed E-state index contributed by atoms with van der Waals surface area (Å²) in [4.78, 5) is 2.29. The van der Waals surface area contributed by atoms with Crippen LogP contribution in [0.5, 0.6) is 5.75 Å². The van der Waals surface area contributed by atoms with Crippen molar-refractivity contribution in [2.75, 3.05) is 26.3 Å². The Morgan fingerprint density at radius 2 is 1.82 bits per heavy atom. The first-order valence-corrected chi connectivity index (χ1v) is 10.6. The van der Waals surface area contributed by atoms with Crippen LogP contribution in [0.3, 0.4) is 0 Å². The van der Waals surface area contributed by atoms with Gasteiger partial charge >= 0.3 is 0 Å². The predicted octanol–water partition coefficient (Wildman–Crippen LogP) is 4.58. The summed E-state index contributed by atoms with van der Waals surface area (Å²) < 4.78 is 13.1. The molecule has 1 heterocycles. The fraction of sp³-hybridized carbons (Fsp3) is 0.478.